The number of H-pyrrole nitrogens is 1. The molecule has 0 spiro atoms. The second kappa shape index (κ2) is 7.12. The summed E-state index contributed by atoms with van der Waals surface area (Å²) in [4.78, 5) is 28.0. The smallest absolute Gasteiger partial charge is 0.258 e. The maximum absolute atomic E-state index is 13.0. The standard InChI is InChI=1S/C21H21N3O3/c1-12(2)27-19-9-17-15(8-16(19)10-22)5-6-24(21(17)26)11-18-13(3)7-14(4)23-20(18)25/h5-9,12H,11H2,1-4H3,(H,23,25). The first kappa shape index (κ1) is 18.5. The number of fused-ring (bicyclic) bond motifs is 1. The van der Waals surface area contributed by atoms with Crippen molar-refractivity contribution in [3.05, 3.63) is 73.6 Å². The van der Waals surface area contributed by atoms with Crippen LogP contribution in [-0.2, 0) is 6.54 Å². The van der Waals surface area contributed by atoms with E-state index >= 15 is 0 Å². The Morgan fingerprint density at radius 1 is 1.22 bits per heavy atom. The summed E-state index contributed by atoms with van der Waals surface area (Å²) in [5.74, 6) is 0.388. The topological polar surface area (TPSA) is 87.9 Å². The lowest BCUT2D eigenvalue weighted by Crippen LogP contribution is -2.25. The number of aromatic amines is 1. The summed E-state index contributed by atoms with van der Waals surface area (Å²) in [6.45, 7) is 7.58. The van der Waals surface area contributed by atoms with Gasteiger partial charge in [0.2, 0.25) is 0 Å². The van der Waals surface area contributed by atoms with Crippen molar-refractivity contribution >= 4 is 10.8 Å². The van der Waals surface area contributed by atoms with Crippen LogP contribution in [0.15, 0.2) is 40.1 Å². The zero-order valence-corrected chi connectivity index (χ0v) is 15.8. The Bertz CT molecular complexity index is 1180. The number of nitriles is 1. The zero-order valence-electron chi connectivity index (χ0n) is 15.8. The van der Waals surface area contributed by atoms with Gasteiger partial charge in [-0.3, -0.25) is 9.59 Å². The van der Waals surface area contributed by atoms with Crippen LogP contribution in [0.3, 0.4) is 0 Å². The van der Waals surface area contributed by atoms with Gasteiger partial charge in [0.05, 0.1) is 23.6 Å². The SMILES string of the molecule is Cc1cc(C)c(Cn2ccc3cc(C#N)c(OC(C)C)cc3c2=O)c(=O)[nH]1. The van der Waals surface area contributed by atoms with Crippen molar-refractivity contribution in [2.75, 3.05) is 0 Å². The summed E-state index contributed by atoms with van der Waals surface area (Å²) in [5.41, 5.74) is 2.14. The van der Waals surface area contributed by atoms with E-state index in [0.717, 1.165) is 11.3 Å². The Balaban J connectivity index is 2.14. The second-order valence-corrected chi connectivity index (χ2v) is 6.91. The number of hydrogen-bond acceptors (Lipinski definition) is 4. The Labute approximate surface area is 156 Å². The monoisotopic (exact) mass is 363 g/mol. The number of hydrogen-bond donors (Lipinski definition) is 1. The normalized spacial score (nSPS) is 11.0. The molecule has 0 unspecified atom stereocenters. The number of ether oxygens (including phenoxy) is 1. The van der Waals surface area contributed by atoms with Gasteiger partial charge in [-0.2, -0.15) is 5.26 Å². The average Bonchev–Trinajstić information content (AvgIpc) is 2.59. The fourth-order valence-corrected chi connectivity index (χ4v) is 3.12. The second-order valence-electron chi connectivity index (χ2n) is 6.91. The first-order valence-electron chi connectivity index (χ1n) is 8.73. The summed E-state index contributed by atoms with van der Waals surface area (Å²) in [7, 11) is 0. The van der Waals surface area contributed by atoms with Crippen LogP contribution in [0, 0.1) is 25.2 Å². The molecule has 0 fully saturated rings. The molecule has 0 saturated carbocycles. The molecule has 2 heterocycles. The van der Waals surface area contributed by atoms with Crippen molar-refractivity contribution in [3.63, 3.8) is 0 Å². The molecule has 138 valence electrons. The maximum Gasteiger partial charge on any atom is 0.258 e. The minimum atomic E-state index is -0.232. The highest BCUT2D eigenvalue weighted by Crippen LogP contribution is 2.24. The van der Waals surface area contributed by atoms with Gasteiger partial charge in [0, 0.05) is 17.5 Å². The van der Waals surface area contributed by atoms with Crippen molar-refractivity contribution in [1.82, 2.24) is 9.55 Å². The van der Waals surface area contributed by atoms with E-state index in [9.17, 15) is 14.9 Å². The van der Waals surface area contributed by atoms with Gasteiger partial charge in [-0.05, 0) is 62.9 Å². The van der Waals surface area contributed by atoms with Crippen LogP contribution in [0.5, 0.6) is 5.75 Å². The Kier molecular flexibility index (Phi) is 4.87. The molecule has 3 aromatic rings. The maximum atomic E-state index is 13.0. The van der Waals surface area contributed by atoms with Crippen molar-refractivity contribution in [2.24, 2.45) is 0 Å². The van der Waals surface area contributed by atoms with E-state index in [2.05, 4.69) is 11.1 Å². The van der Waals surface area contributed by atoms with Gasteiger partial charge >= 0.3 is 0 Å². The minimum Gasteiger partial charge on any atom is -0.490 e. The molecule has 0 amide bonds. The number of aryl methyl sites for hydroxylation is 2. The Morgan fingerprint density at radius 2 is 1.96 bits per heavy atom. The van der Waals surface area contributed by atoms with Crippen molar-refractivity contribution in [2.45, 2.75) is 40.3 Å². The van der Waals surface area contributed by atoms with Crippen LogP contribution >= 0.6 is 0 Å². The molecule has 2 aromatic heterocycles. The third kappa shape index (κ3) is 3.63. The van der Waals surface area contributed by atoms with E-state index < -0.39 is 0 Å². The number of pyridine rings is 2. The van der Waals surface area contributed by atoms with Gasteiger partial charge in [0.25, 0.3) is 11.1 Å². The van der Waals surface area contributed by atoms with E-state index in [1.807, 2.05) is 33.8 Å². The van der Waals surface area contributed by atoms with E-state index in [-0.39, 0.29) is 23.8 Å². The number of rotatable bonds is 4. The summed E-state index contributed by atoms with van der Waals surface area (Å²) >= 11 is 0. The number of nitrogens with zero attached hydrogens (tertiary/aromatic N) is 2. The largest absolute Gasteiger partial charge is 0.490 e. The van der Waals surface area contributed by atoms with Crippen molar-refractivity contribution in [3.8, 4) is 11.8 Å². The summed E-state index contributed by atoms with van der Waals surface area (Å²) in [6, 6.07) is 9.03. The van der Waals surface area contributed by atoms with Crippen LogP contribution in [0.4, 0.5) is 0 Å². The number of nitrogens with one attached hydrogen (secondary N) is 1. The number of benzene rings is 1. The predicted molar refractivity (Wildman–Crippen MR) is 104 cm³/mol. The molecule has 3 rings (SSSR count). The summed E-state index contributed by atoms with van der Waals surface area (Å²) < 4.78 is 7.18. The molecular weight excluding hydrogens is 342 g/mol. The molecule has 0 aliphatic rings. The van der Waals surface area contributed by atoms with Crippen LogP contribution in [-0.4, -0.2) is 15.7 Å². The van der Waals surface area contributed by atoms with E-state index in [4.69, 9.17) is 4.74 Å². The first-order chi connectivity index (χ1) is 12.8. The highest BCUT2D eigenvalue weighted by atomic mass is 16.5. The molecule has 0 radical (unpaired) electrons. The third-order valence-electron chi connectivity index (χ3n) is 4.38. The molecular formula is C21H21N3O3. The summed E-state index contributed by atoms with van der Waals surface area (Å²) in [5, 5.41) is 10.5. The Hall–Kier alpha value is -3.33. The first-order valence-corrected chi connectivity index (χ1v) is 8.73. The summed E-state index contributed by atoms with van der Waals surface area (Å²) in [6.07, 6.45) is 1.53. The molecule has 27 heavy (non-hydrogen) atoms. The van der Waals surface area contributed by atoms with Crippen LogP contribution < -0.4 is 15.9 Å². The quantitative estimate of drug-likeness (QED) is 0.772. The highest BCUT2D eigenvalue weighted by Gasteiger charge is 2.13. The van der Waals surface area contributed by atoms with Gasteiger partial charge < -0.3 is 14.3 Å². The van der Waals surface area contributed by atoms with Crippen LogP contribution in [0.25, 0.3) is 10.8 Å². The lowest BCUT2D eigenvalue weighted by molar-refractivity contribution is 0.242. The molecule has 6 heteroatoms. The molecule has 6 nitrogen and oxygen atoms in total. The molecule has 0 aliphatic heterocycles. The fraction of sp³-hybridized carbons (Fsp3) is 0.286. The predicted octanol–water partition coefficient (Wildman–Crippen LogP) is 3.01. The van der Waals surface area contributed by atoms with Gasteiger partial charge in [-0.1, -0.05) is 0 Å². The van der Waals surface area contributed by atoms with Gasteiger partial charge in [-0.15, -0.1) is 0 Å². The third-order valence-corrected chi connectivity index (χ3v) is 4.38. The minimum absolute atomic E-state index is 0.116. The van der Waals surface area contributed by atoms with Gasteiger partial charge in [0.15, 0.2) is 0 Å². The molecule has 1 aromatic carbocycles. The average molecular weight is 363 g/mol. The molecule has 0 bridgehead atoms. The zero-order chi connectivity index (χ0) is 19.7. The van der Waals surface area contributed by atoms with Gasteiger partial charge in [-0.25, -0.2) is 0 Å². The highest BCUT2D eigenvalue weighted by molar-refractivity contribution is 5.85. The molecule has 0 saturated heterocycles. The van der Waals surface area contributed by atoms with Crippen LogP contribution in [0.1, 0.15) is 36.2 Å². The lowest BCUT2D eigenvalue weighted by Gasteiger charge is -2.13. The van der Waals surface area contributed by atoms with E-state index in [0.29, 0.717) is 27.6 Å². The van der Waals surface area contributed by atoms with Crippen molar-refractivity contribution in [1.29, 1.82) is 5.26 Å². The molecule has 1 N–H and O–H groups in total. The lowest BCUT2D eigenvalue weighted by atomic mass is 10.1. The van der Waals surface area contributed by atoms with Crippen molar-refractivity contribution < 1.29 is 4.74 Å². The molecule has 0 atom stereocenters. The van der Waals surface area contributed by atoms with E-state index in [1.54, 1.807) is 24.4 Å². The fourth-order valence-electron chi connectivity index (χ4n) is 3.12. The Morgan fingerprint density at radius 3 is 2.59 bits per heavy atom. The van der Waals surface area contributed by atoms with Crippen LogP contribution in [0.2, 0.25) is 0 Å². The van der Waals surface area contributed by atoms with Gasteiger partial charge in [0.1, 0.15) is 11.8 Å². The molecule has 0 aliphatic carbocycles. The van der Waals surface area contributed by atoms with E-state index in [1.165, 1.54) is 4.57 Å². The number of aromatic nitrogens is 2.